The Morgan fingerprint density at radius 3 is 0.800 bits per heavy atom. The smallest absolute Gasteiger partial charge is 0.0351 e. The summed E-state index contributed by atoms with van der Waals surface area (Å²) in [6, 6.07) is 0. The molecule has 0 rings (SSSR count). The van der Waals surface area contributed by atoms with Crippen molar-refractivity contribution >= 4 is 0 Å². The summed E-state index contributed by atoms with van der Waals surface area (Å²) in [7, 11) is 0. The van der Waals surface area contributed by atoms with Gasteiger partial charge < -0.3 is 0 Å². The first-order chi connectivity index (χ1) is 19.8. The van der Waals surface area contributed by atoms with Crippen LogP contribution in [0.4, 0.5) is 0 Å². The van der Waals surface area contributed by atoms with Gasteiger partial charge >= 0.3 is 0 Å². The summed E-state index contributed by atoms with van der Waals surface area (Å²) in [5.74, 6) is 0.961. The van der Waals surface area contributed by atoms with E-state index in [0.717, 1.165) is 5.92 Å². The first-order valence-corrected chi connectivity index (χ1v) is 19.5. The molecular weight excluding hydrogens is 480 g/mol. The van der Waals surface area contributed by atoms with Crippen molar-refractivity contribution in [1.82, 2.24) is 0 Å². The Hall–Kier alpha value is -0.260. The zero-order valence-corrected chi connectivity index (χ0v) is 28.8. The highest BCUT2D eigenvalue weighted by Crippen LogP contribution is 2.19. The molecule has 0 N–H and O–H groups in total. The molecule has 0 aromatic rings. The summed E-state index contributed by atoms with van der Waals surface area (Å²) >= 11 is 0. The molecule has 40 heavy (non-hydrogen) atoms. The van der Waals surface area contributed by atoms with E-state index >= 15 is 0 Å². The molecular formula is C40H80. The maximum atomic E-state index is 2.50. The molecule has 0 saturated heterocycles. The van der Waals surface area contributed by atoms with Crippen molar-refractivity contribution in [3.8, 4) is 0 Å². The van der Waals surface area contributed by atoms with Gasteiger partial charge in [-0.2, -0.15) is 0 Å². The molecule has 0 aliphatic heterocycles. The van der Waals surface area contributed by atoms with Crippen LogP contribution in [0.3, 0.4) is 0 Å². The van der Waals surface area contributed by atoms with Gasteiger partial charge in [0.2, 0.25) is 0 Å². The quantitative estimate of drug-likeness (QED) is 0.0534. The fourth-order valence-electron chi connectivity index (χ4n) is 6.28. The van der Waals surface area contributed by atoms with Crippen molar-refractivity contribution < 1.29 is 0 Å². The van der Waals surface area contributed by atoms with Crippen LogP contribution in [0.25, 0.3) is 0 Å². The van der Waals surface area contributed by atoms with Crippen LogP contribution in [0.1, 0.15) is 239 Å². The second kappa shape index (κ2) is 36.8. The van der Waals surface area contributed by atoms with Crippen LogP contribution in [0.15, 0.2) is 12.2 Å². The molecule has 0 heteroatoms. The highest BCUT2D eigenvalue weighted by Gasteiger charge is 2.02. The molecule has 0 heterocycles. The Kier molecular flexibility index (Phi) is 36.5. The molecule has 0 fully saturated rings. The number of rotatable bonds is 35. The average Bonchev–Trinajstić information content (AvgIpc) is 2.96. The third-order valence-electron chi connectivity index (χ3n) is 9.26. The third kappa shape index (κ3) is 35.8. The third-order valence-corrected chi connectivity index (χ3v) is 9.26. The topological polar surface area (TPSA) is 0 Å². The minimum absolute atomic E-state index is 0.961. The Bertz CT molecular complexity index is 449. The standard InChI is InChI=1S/C40H80/c1-4-6-8-10-12-14-16-17-18-19-20-21-22-23-24-25-26-27-28-29-31-33-35-37-39-40(3)38-36-34-32-30-15-13-11-9-7-5-2/h22-23,40H,4-21,24-39H2,1-3H3/b23-22+. The van der Waals surface area contributed by atoms with Crippen molar-refractivity contribution in [2.45, 2.75) is 239 Å². The number of hydrogen-bond donors (Lipinski definition) is 0. The van der Waals surface area contributed by atoms with E-state index in [0.29, 0.717) is 0 Å². The Morgan fingerprint density at radius 2 is 0.525 bits per heavy atom. The number of hydrogen-bond acceptors (Lipinski definition) is 0. The van der Waals surface area contributed by atoms with Gasteiger partial charge in [0, 0.05) is 0 Å². The predicted molar refractivity (Wildman–Crippen MR) is 187 cm³/mol. The van der Waals surface area contributed by atoms with E-state index in [1.54, 1.807) is 0 Å². The second-order valence-electron chi connectivity index (χ2n) is 13.6. The summed E-state index contributed by atoms with van der Waals surface area (Å²) in [4.78, 5) is 0. The molecule has 0 aromatic heterocycles. The van der Waals surface area contributed by atoms with Crippen LogP contribution < -0.4 is 0 Å². The zero-order chi connectivity index (χ0) is 29.0. The van der Waals surface area contributed by atoms with Gasteiger partial charge in [-0.3, -0.25) is 0 Å². The monoisotopic (exact) mass is 561 g/mol. The lowest BCUT2D eigenvalue weighted by Gasteiger charge is -2.11. The maximum absolute atomic E-state index is 2.50. The Balaban J connectivity index is 3.17. The van der Waals surface area contributed by atoms with Crippen molar-refractivity contribution in [2.24, 2.45) is 5.92 Å². The lowest BCUT2D eigenvalue weighted by molar-refractivity contribution is 0.430. The van der Waals surface area contributed by atoms with Gasteiger partial charge in [-0.1, -0.05) is 226 Å². The SMILES string of the molecule is CCCCCCCCCCCCC/C=C/CCCCCCCCCCCC(C)CCCCCCCCCCCC. The summed E-state index contributed by atoms with van der Waals surface area (Å²) < 4.78 is 0. The van der Waals surface area contributed by atoms with Gasteiger partial charge in [-0.05, 0) is 31.6 Å². The van der Waals surface area contributed by atoms with Gasteiger partial charge in [0.1, 0.15) is 0 Å². The molecule has 0 bridgehead atoms. The van der Waals surface area contributed by atoms with Crippen LogP contribution in [0.2, 0.25) is 0 Å². The lowest BCUT2D eigenvalue weighted by Crippen LogP contribution is -1.95. The van der Waals surface area contributed by atoms with Crippen LogP contribution in [-0.2, 0) is 0 Å². The minimum Gasteiger partial charge on any atom is -0.0885 e. The second-order valence-corrected chi connectivity index (χ2v) is 13.6. The van der Waals surface area contributed by atoms with Crippen LogP contribution in [-0.4, -0.2) is 0 Å². The molecule has 0 nitrogen and oxygen atoms in total. The largest absolute Gasteiger partial charge is 0.0885 e. The van der Waals surface area contributed by atoms with E-state index in [1.165, 1.54) is 218 Å². The molecule has 0 aliphatic carbocycles. The van der Waals surface area contributed by atoms with Crippen molar-refractivity contribution in [3.05, 3.63) is 12.2 Å². The van der Waals surface area contributed by atoms with Gasteiger partial charge in [0.15, 0.2) is 0 Å². The molecule has 0 spiro atoms. The Morgan fingerprint density at radius 1 is 0.300 bits per heavy atom. The average molecular weight is 561 g/mol. The minimum atomic E-state index is 0.961. The summed E-state index contributed by atoms with van der Waals surface area (Å²) in [5, 5.41) is 0. The number of allylic oxidation sites excluding steroid dienone is 2. The fraction of sp³-hybridized carbons (Fsp3) is 0.950. The zero-order valence-electron chi connectivity index (χ0n) is 28.8. The van der Waals surface area contributed by atoms with Crippen molar-refractivity contribution in [2.75, 3.05) is 0 Å². The van der Waals surface area contributed by atoms with E-state index in [2.05, 4.69) is 32.9 Å². The van der Waals surface area contributed by atoms with E-state index in [9.17, 15) is 0 Å². The normalized spacial score (nSPS) is 12.6. The lowest BCUT2D eigenvalue weighted by atomic mass is 9.95. The van der Waals surface area contributed by atoms with Crippen molar-refractivity contribution in [3.63, 3.8) is 0 Å². The molecule has 0 radical (unpaired) electrons. The first kappa shape index (κ1) is 39.7. The molecule has 0 aromatic carbocycles. The van der Waals surface area contributed by atoms with Crippen LogP contribution in [0, 0.1) is 5.92 Å². The summed E-state index contributed by atoms with van der Waals surface area (Å²) in [6.45, 7) is 7.12. The van der Waals surface area contributed by atoms with Gasteiger partial charge in [0.25, 0.3) is 0 Å². The summed E-state index contributed by atoms with van der Waals surface area (Å²) in [6.07, 6.45) is 54.3. The van der Waals surface area contributed by atoms with E-state index in [-0.39, 0.29) is 0 Å². The van der Waals surface area contributed by atoms with Gasteiger partial charge in [-0.15, -0.1) is 0 Å². The van der Waals surface area contributed by atoms with Gasteiger partial charge in [0.05, 0.1) is 0 Å². The number of unbranched alkanes of at least 4 members (excludes halogenated alkanes) is 29. The molecule has 0 saturated carbocycles. The molecule has 0 aliphatic rings. The molecule has 1 atom stereocenters. The fourth-order valence-corrected chi connectivity index (χ4v) is 6.28. The molecule has 240 valence electrons. The van der Waals surface area contributed by atoms with Gasteiger partial charge in [-0.25, -0.2) is 0 Å². The highest BCUT2D eigenvalue weighted by atomic mass is 14.1. The molecule has 1 unspecified atom stereocenters. The van der Waals surface area contributed by atoms with Crippen LogP contribution >= 0.6 is 0 Å². The van der Waals surface area contributed by atoms with Crippen LogP contribution in [0.5, 0.6) is 0 Å². The maximum Gasteiger partial charge on any atom is -0.0351 e. The summed E-state index contributed by atoms with van der Waals surface area (Å²) in [5.41, 5.74) is 0. The van der Waals surface area contributed by atoms with E-state index < -0.39 is 0 Å². The van der Waals surface area contributed by atoms with Crippen molar-refractivity contribution in [1.29, 1.82) is 0 Å². The van der Waals surface area contributed by atoms with E-state index in [4.69, 9.17) is 0 Å². The Labute approximate surface area is 256 Å². The predicted octanol–water partition coefficient (Wildman–Crippen LogP) is 15.5. The highest BCUT2D eigenvalue weighted by molar-refractivity contribution is 4.81. The first-order valence-electron chi connectivity index (χ1n) is 19.5. The molecule has 0 amide bonds. The van der Waals surface area contributed by atoms with E-state index in [1.807, 2.05) is 0 Å².